The standard InChI is InChI=1S/C16H24ClN3O/c1-11(2)14-8-12(9-15(17)18-14)16(21)20-7-5-6-13(10-20)19(3)4/h8-9,11,13H,5-7,10H2,1-4H3. The summed E-state index contributed by atoms with van der Waals surface area (Å²) in [6.45, 7) is 5.70. The molecule has 0 aliphatic carbocycles. The summed E-state index contributed by atoms with van der Waals surface area (Å²) >= 11 is 6.07. The van der Waals surface area contributed by atoms with Crippen molar-refractivity contribution in [2.45, 2.75) is 38.6 Å². The number of carbonyl (C=O) groups is 1. The van der Waals surface area contributed by atoms with Crippen LogP contribution in [0.5, 0.6) is 0 Å². The van der Waals surface area contributed by atoms with Crippen molar-refractivity contribution in [1.29, 1.82) is 0 Å². The van der Waals surface area contributed by atoms with Crippen molar-refractivity contribution in [1.82, 2.24) is 14.8 Å². The summed E-state index contributed by atoms with van der Waals surface area (Å²) in [6.07, 6.45) is 2.19. The molecule has 0 spiro atoms. The van der Waals surface area contributed by atoms with E-state index in [1.807, 2.05) is 11.0 Å². The quantitative estimate of drug-likeness (QED) is 0.805. The molecule has 2 heterocycles. The van der Waals surface area contributed by atoms with Crippen LogP contribution in [0.1, 0.15) is 48.7 Å². The van der Waals surface area contributed by atoms with E-state index in [9.17, 15) is 4.79 Å². The predicted molar refractivity (Wildman–Crippen MR) is 85.9 cm³/mol. The van der Waals surface area contributed by atoms with Crippen molar-refractivity contribution in [3.8, 4) is 0 Å². The number of hydrogen-bond acceptors (Lipinski definition) is 3. The molecule has 1 saturated heterocycles. The first-order valence-corrected chi connectivity index (χ1v) is 7.89. The number of halogens is 1. The van der Waals surface area contributed by atoms with Gasteiger partial charge in [-0.3, -0.25) is 4.79 Å². The molecule has 1 aromatic heterocycles. The SMILES string of the molecule is CC(C)c1cc(C(=O)N2CCCC(N(C)C)C2)cc(Cl)n1. The molecule has 1 aliphatic heterocycles. The van der Waals surface area contributed by atoms with E-state index in [0.717, 1.165) is 31.6 Å². The van der Waals surface area contributed by atoms with E-state index in [1.54, 1.807) is 6.07 Å². The van der Waals surface area contributed by atoms with Crippen molar-refractivity contribution in [3.63, 3.8) is 0 Å². The van der Waals surface area contributed by atoms with Gasteiger partial charge in [0, 0.05) is 30.4 Å². The van der Waals surface area contributed by atoms with Crippen LogP contribution in [0.15, 0.2) is 12.1 Å². The topological polar surface area (TPSA) is 36.4 Å². The summed E-state index contributed by atoms with van der Waals surface area (Å²) in [4.78, 5) is 21.1. The third-order valence-electron chi connectivity index (χ3n) is 4.07. The van der Waals surface area contributed by atoms with E-state index in [2.05, 4.69) is 37.8 Å². The minimum Gasteiger partial charge on any atom is -0.337 e. The van der Waals surface area contributed by atoms with Gasteiger partial charge in [0.25, 0.3) is 5.91 Å². The Kier molecular flexibility index (Phi) is 5.22. The largest absolute Gasteiger partial charge is 0.337 e. The van der Waals surface area contributed by atoms with Crippen molar-refractivity contribution < 1.29 is 4.79 Å². The molecule has 1 aliphatic rings. The van der Waals surface area contributed by atoms with E-state index in [-0.39, 0.29) is 11.8 Å². The van der Waals surface area contributed by atoms with Crippen LogP contribution in [-0.2, 0) is 0 Å². The number of likely N-dealkylation sites (N-methyl/N-ethyl adjacent to an activating group) is 1. The van der Waals surface area contributed by atoms with E-state index in [4.69, 9.17) is 11.6 Å². The van der Waals surface area contributed by atoms with Crippen LogP contribution < -0.4 is 0 Å². The zero-order valence-corrected chi connectivity index (χ0v) is 14.0. The van der Waals surface area contributed by atoms with Gasteiger partial charge in [-0.05, 0) is 45.0 Å². The lowest BCUT2D eigenvalue weighted by Crippen LogP contribution is -2.47. The Hall–Kier alpha value is -1.13. The second-order valence-electron chi connectivity index (χ2n) is 6.27. The molecular weight excluding hydrogens is 286 g/mol. The fraction of sp³-hybridized carbons (Fsp3) is 0.625. The molecular formula is C16H24ClN3O. The van der Waals surface area contributed by atoms with Gasteiger partial charge in [0.05, 0.1) is 0 Å². The Balaban J connectivity index is 2.19. The van der Waals surface area contributed by atoms with Gasteiger partial charge in [-0.1, -0.05) is 25.4 Å². The maximum Gasteiger partial charge on any atom is 0.254 e. The molecule has 4 nitrogen and oxygen atoms in total. The Morgan fingerprint density at radius 2 is 2.14 bits per heavy atom. The van der Waals surface area contributed by atoms with Crippen LogP contribution in [0.3, 0.4) is 0 Å². The highest BCUT2D eigenvalue weighted by atomic mass is 35.5. The van der Waals surface area contributed by atoms with Gasteiger partial charge in [-0.25, -0.2) is 4.98 Å². The first kappa shape index (κ1) is 16.2. The van der Waals surface area contributed by atoms with Crippen molar-refractivity contribution in [2.24, 2.45) is 0 Å². The van der Waals surface area contributed by atoms with Gasteiger partial charge in [0.1, 0.15) is 5.15 Å². The average Bonchev–Trinajstić information content (AvgIpc) is 2.45. The number of aromatic nitrogens is 1. The second kappa shape index (κ2) is 6.75. The van der Waals surface area contributed by atoms with E-state index >= 15 is 0 Å². The van der Waals surface area contributed by atoms with Crippen LogP contribution in [0.4, 0.5) is 0 Å². The molecule has 0 radical (unpaired) electrons. The molecule has 1 fully saturated rings. The normalized spacial score (nSPS) is 19.4. The third kappa shape index (κ3) is 3.95. The summed E-state index contributed by atoms with van der Waals surface area (Å²) in [6, 6.07) is 3.98. The smallest absolute Gasteiger partial charge is 0.254 e. The number of piperidine rings is 1. The van der Waals surface area contributed by atoms with Gasteiger partial charge >= 0.3 is 0 Å². The van der Waals surface area contributed by atoms with Gasteiger partial charge < -0.3 is 9.80 Å². The first-order chi connectivity index (χ1) is 9.88. The van der Waals surface area contributed by atoms with Crippen LogP contribution in [0.2, 0.25) is 5.15 Å². The Morgan fingerprint density at radius 3 is 2.76 bits per heavy atom. The average molecular weight is 310 g/mol. The van der Waals surface area contributed by atoms with Gasteiger partial charge in [-0.15, -0.1) is 0 Å². The minimum absolute atomic E-state index is 0.0627. The number of hydrogen-bond donors (Lipinski definition) is 0. The molecule has 1 amide bonds. The van der Waals surface area contributed by atoms with Crippen LogP contribution in [0.25, 0.3) is 0 Å². The minimum atomic E-state index is 0.0627. The first-order valence-electron chi connectivity index (χ1n) is 7.51. The lowest BCUT2D eigenvalue weighted by molar-refractivity contribution is 0.0635. The van der Waals surface area contributed by atoms with Crippen LogP contribution in [-0.4, -0.2) is 53.9 Å². The van der Waals surface area contributed by atoms with E-state index in [0.29, 0.717) is 16.8 Å². The Labute approximate surface area is 132 Å². The highest BCUT2D eigenvalue weighted by Gasteiger charge is 2.26. The lowest BCUT2D eigenvalue weighted by Gasteiger charge is -2.36. The molecule has 21 heavy (non-hydrogen) atoms. The third-order valence-corrected chi connectivity index (χ3v) is 4.26. The highest BCUT2D eigenvalue weighted by Crippen LogP contribution is 2.21. The van der Waals surface area contributed by atoms with Gasteiger partial charge in [0.15, 0.2) is 0 Å². The molecule has 1 aromatic rings. The summed E-state index contributed by atoms with van der Waals surface area (Å²) < 4.78 is 0. The van der Waals surface area contributed by atoms with Crippen LogP contribution >= 0.6 is 11.6 Å². The summed E-state index contributed by atoms with van der Waals surface area (Å²) in [5, 5.41) is 0.394. The van der Waals surface area contributed by atoms with Gasteiger partial charge in [-0.2, -0.15) is 0 Å². The molecule has 2 rings (SSSR count). The highest BCUT2D eigenvalue weighted by molar-refractivity contribution is 6.29. The molecule has 5 heteroatoms. The van der Waals surface area contributed by atoms with Crippen LogP contribution in [0, 0.1) is 0 Å². The number of amides is 1. The number of likely N-dealkylation sites (tertiary alicyclic amines) is 1. The number of pyridine rings is 1. The fourth-order valence-electron chi connectivity index (χ4n) is 2.68. The molecule has 0 saturated carbocycles. The molecule has 1 unspecified atom stereocenters. The van der Waals surface area contributed by atoms with Gasteiger partial charge in [0.2, 0.25) is 0 Å². The number of rotatable bonds is 3. The maximum absolute atomic E-state index is 12.7. The number of carbonyl (C=O) groups excluding carboxylic acids is 1. The zero-order valence-electron chi connectivity index (χ0n) is 13.3. The maximum atomic E-state index is 12.7. The molecule has 1 atom stereocenters. The zero-order chi connectivity index (χ0) is 15.6. The second-order valence-corrected chi connectivity index (χ2v) is 6.66. The van der Waals surface area contributed by atoms with Crippen molar-refractivity contribution in [3.05, 3.63) is 28.5 Å². The van der Waals surface area contributed by atoms with Crippen molar-refractivity contribution in [2.75, 3.05) is 27.2 Å². The lowest BCUT2D eigenvalue weighted by atomic mass is 10.0. The van der Waals surface area contributed by atoms with E-state index in [1.165, 1.54) is 0 Å². The van der Waals surface area contributed by atoms with Crippen molar-refractivity contribution >= 4 is 17.5 Å². The molecule has 0 bridgehead atoms. The molecule has 0 N–H and O–H groups in total. The summed E-state index contributed by atoms with van der Waals surface area (Å²) in [7, 11) is 4.14. The predicted octanol–water partition coefficient (Wildman–Crippen LogP) is 3.02. The molecule has 116 valence electrons. The summed E-state index contributed by atoms with van der Waals surface area (Å²) in [5.74, 6) is 0.318. The Bertz CT molecular complexity index is 516. The summed E-state index contributed by atoms with van der Waals surface area (Å²) in [5.41, 5.74) is 1.52. The number of nitrogens with zero attached hydrogens (tertiary/aromatic N) is 3. The Morgan fingerprint density at radius 1 is 1.43 bits per heavy atom. The van der Waals surface area contributed by atoms with E-state index < -0.39 is 0 Å². The fourth-order valence-corrected chi connectivity index (χ4v) is 2.89. The monoisotopic (exact) mass is 309 g/mol. The molecule has 0 aromatic carbocycles.